The second kappa shape index (κ2) is 14.3. The first-order chi connectivity index (χ1) is 20.0. The topological polar surface area (TPSA) is 53.0 Å². The average molecular weight is 589 g/mol. The van der Waals surface area contributed by atoms with Crippen LogP contribution in [0.2, 0.25) is 0 Å². The lowest BCUT2D eigenvalue weighted by Crippen LogP contribution is -2.46. The molecule has 0 aromatic heterocycles. The molecule has 238 valence electrons. The van der Waals surface area contributed by atoms with E-state index in [1.165, 1.54) is 11.1 Å². The number of ether oxygens (including phenoxy) is 1. The molecule has 0 bridgehead atoms. The van der Waals surface area contributed by atoms with Gasteiger partial charge < -0.3 is 14.9 Å². The largest absolute Gasteiger partial charge is 0.393 e. The third kappa shape index (κ3) is 9.20. The Bertz CT molecular complexity index is 1200. The minimum absolute atomic E-state index is 0.0545. The number of allylic oxidation sites excluding steroid dienone is 10. The van der Waals surface area contributed by atoms with Crippen LogP contribution in [0.25, 0.3) is 0 Å². The van der Waals surface area contributed by atoms with Crippen molar-refractivity contribution in [3.8, 4) is 11.8 Å². The van der Waals surface area contributed by atoms with Crippen molar-refractivity contribution in [2.75, 3.05) is 0 Å². The highest BCUT2D eigenvalue weighted by molar-refractivity contribution is 5.40. The van der Waals surface area contributed by atoms with Crippen molar-refractivity contribution in [2.45, 2.75) is 131 Å². The van der Waals surface area contributed by atoms with Crippen molar-refractivity contribution in [3.63, 3.8) is 0 Å². The Hall–Kier alpha value is -2.12. The van der Waals surface area contributed by atoms with E-state index in [2.05, 4.69) is 142 Å². The highest BCUT2D eigenvalue weighted by Crippen LogP contribution is 2.66. The van der Waals surface area contributed by atoms with Gasteiger partial charge >= 0.3 is 0 Å². The summed E-state index contributed by atoms with van der Waals surface area (Å²) in [6.45, 7) is 22.0. The van der Waals surface area contributed by atoms with E-state index in [9.17, 15) is 10.2 Å². The first-order valence-corrected chi connectivity index (χ1v) is 16.7. The smallest absolute Gasteiger partial charge is 0.121 e. The summed E-state index contributed by atoms with van der Waals surface area (Å²) in [7, 11) is 0. The Labute approximate surface area is 264 Å². The zero-order chi connectivity index (χ0) is 32.1. The molecule has 1 heterocycles. The molecule has 3 aliphatic rings. The minimum atomic E-state index is -0.271. The first-order valence-electron chi connectivity index (χ1n) is 16.7. The Morgan fingerprint density at radius 3 is 2.09 bits per heavy atom. The molecule has 2 fully saturated rings. The monoisotopic (exact) mass is 588 g/mol. The van der Waals surface area contributed by atoms with Crippen molar-refractivity contribution in [1.82, 2.24) is 0 Å². The van der Waals surface area contributed by atoms with Gasteiger partial charge in [-0.25, -0.2) is 0 Å². The molecule has 4 unspecified atom stereocenters. The molecule has 0 amide bonds. The lowest BCUT2D eigenvalue weighted by molar-refractivity contribution is 0.0513. The molecule has 0 aromatic rings. The van der Waals surface area contributed by atoms with E-state index in [0.29, 0.717) is 17.8 Å². The summed E-state index contributed by atoms with van der Waals surface area (Å²) in [4.78, 5) is 0. The van der Waals surface area contributed by atoms with Gasteiger partial charge in [-0.3, -0.25) is 0 Å². The van der Waals surface area contributed by atoms with Gasteiger partial charge in [0.25, 0.3) is 0 Å². The van der Waals surface area contributed by atoms with E-state index in [-0.39, 0.29) is 40.2 Å². The van der Waals surface area contributed by atoms with E-state index >= 15 is 0 Å². The molecule has 0 spiro atoms. The van der Waals surface area contributed by atoms with Crippen LogP contribution in [0.1, 0.15) is 108 Å². The van der Waals surface area contributed by atoms with Crippen molar-refractivity contribution in [3.05, 3.63) is 71.9 Å². The quantitative estimate of drug-likeness (QED) is 0.109. The van der Waals surface area contributed by atoms with Gasteiger partial charge in [-0.2, -0.15) is 0 Å². The second-order valence-electron chi connectivity index (χ2n) is 15.4. The van der Waals surface area contributed by atoms with E-state index < -0.39 is 0 Å². The van der Waals surface area contributed by atoms with Crippen LogP contribution in [0, 0.1) is 46.3 Å². The van der Waals surface area contributed by atoms with Crippen LogP contribution >= 0.6 is 0 Å². The van der Waals surface area contributed by atoms with Gasteiger partial charge in [-0.05, 0) is 70.6 Å². The van der Waals surface area contributed by atoms with E-state index in [1.54, 1.807) is 0 Å². The van der Waals surface area contributed by atoms with Gasteiger partial charge in [0.1, 0.15) is 11.2 Å². The number of hydrogen-bond acceptors (Lipinski definition) is 3. The number of rotatable bonds is 11. The molecule has 8 atom stereocenters. The molecule has 2 aliphatic carbocycles. The van der Waals surface area contributed by atoms with Crippen LogP contribution in [0.5, 0.6) is 0 Å². The summed E-state index contributed by atoms with van der Waals surface area (Å²) in [5, 5.41) is 20.4. The van der Waals surface area contributed by atoms with E-state index in [1.807, 2.05) is 0 Å². The Kier molecular flexibility index (Phi) is 11.8. The summed E-state index contributed by atoms with van der Waals surface area (Å²) in [5.74, 6) is 8.37. The summed E-state index contributed by atoms with van der Waals surface area (Å²) < 4.78 is 6.28. The first kappa shape index (κ1) is 35.4. The zero-order valence-corrected chi connectivity index (χ0v) is 28.8. The highest BCUT2D eigenvalue weighted by atomic mass is 16.6. The van der Waals surface area contributed by atoms with Crippen LogP contribution in [0.15, 0.2) is 71.9 Å². The number of aliphatic hydroxyl groups excluding tert-OH is 2. The van der Waals surface area contributed by atoms with Crippen LogP contribution < -0.4 is 0 Å². The Morgan fingerprint density at radius 2 is 1.44 bits per heavy atom. The molecule has 43 heavy (non-hydrogen) atoms. The highest BCUT2D eigenvalue weighted by Gasteiger charge is 2.74. The summed E-state index contributed by atoms with van der Waals surface area (Å²) in [6, 6.07) is 0. The van der Waals surface area contributed by atoms with Crippen molar-refractivity contribution in [2.24, 2.45) is 34.5 Å². The molecule has 0 aromatic carbocycles. The summed E-state index contributed by atoms with van der Waals surface area (Å²) >= 11 is 0. The normalized spacial score (nSPS) is 33.2. The molecule has 3 rings (SSSR count). The van der Waals surface area contributed by atoms with E-state index in [4.69, 9.17) is 4.74 Å². The van der Waals surface area contributed by atoms with Crippen molar-refractivity contribution in [1.29, 1.82) is 0 Å². The third-order valence-corrected chi connectivity index (χ3v) is 9.83. The van der Waals surface area contributed by atoms with Crippen molar-refractivity contribution >= 4 is 0 Å². The van der Waals surface area contributed by atoms with Gasteiger partial charge in [0.15, 0.2) is 0 Å². The molecular formula is C40H60O3. The maximum absolute atomic E-state index is 10.3. The average Bonchev–Trinajstić information content (AvgIpc) is 3.49. The maximum atomic E-state index is 10.3. The van der Waals surface area contributed by atoms with Crippen LogP contribution in [-0.4, -0.2) is 33.6 Å². The lowest BCUT2D eigenvalue weighted by atomic mass is 9.63. The molecule has 3 heteroatoms. The van der Waals surface area contributed by atoms with Crippen LogP contribution in [0.3, 0.4) is 0 Å². The minimum Gasteiger partial charge on any atom is -0.393 e. The second-order valence-corrected chi connectivity index (χ2v) is 15.4. The van der Waals surface area contributed by atoms with Gasteiger partial charge in [-0.1, -0.05) is 127 Å². The van der Waals surface area contributed by atoms with Crippen LogP contribution in [-0.2, 0) is 4.74 Å². The van der Waals surface area contributed by atoms with E-state index in [0.717, 1.165) is 38.5 Å². The van der Waals surface area contributed by atoms with Crippen molar-refractivity contribution < 1.29 is 14.9 Å². The van der Waals surface area contributed by atoms with Gasteiger partial charge in [0.2, 0.25) is 0 Å². The van der Waals surface area contributed by atoms with Crippen LogP contribution in [0.4, 0.5) is 0 Å². The Morgan fingerprint density at radius 1 is 0.814 bits per heavy atom. The maximum Gasteiger partial charge on any atom is 0.121 e. The van der Waals surface area contributed by atoms with Gasteiger partial charge in [0.05, 0.1) is 12.2 Å². The number of epoxide rings is 1. The fourth-order valence-corrected chi connectivity index (χ4v) is 7.40. The summed E-state index contributed by atoms with van der Waals surface area (Å²) in [6.07, 6.45) is 27.0. The molecule has 1 saturated heterocycles. The third-order valence-electron chi connectivity index (χ3n) is 9.83. The molecule has 0 radical (unpaired) electrons. The Balaban J connectivity index is 1.39. The number of fused-ring (bicyclic) bond motifs is 1. The number of aliphatic hydroxyl groups is 2. The van der Waals surface area contributed by atoms with Gasteiger partial charge in [-0.15, -0.1) is 0 Å². The molecule has 1 aliphatic heterocycles. The predicted octanol–water partition coefficient (Wildman–Crippen LogP) is 9.30. The molecule has 2 N–H and O–H groups in total. The molecule has 1 saturated carbocycles. The predicted molar refractivity (Wildman–Crippen MR) is 182 cm³/mol. The fraction of sp³-hybridized carbons (Fsp3) is 0.650. The summed E-state index contributed by atoms with van der Waals surface area (Å²) in [5.41, 5.74) is 1.85. The lowest BCUT2D eigenvalue weighted by Gasteiger charge is -2.39. The van der Waals surface area contributed by atoms with Gasteiger partial charge in [0, 0.05) is 28.7 Å². The fourth-order valence-electron chi connectivity index (χ4n) is 7.40. The zero-order valence-electron chi connectivity index (χ0n) is 28.8. The number of hydrogen-bond donors (Lipinski definition) is 2. The standard InChI is InChI=1S/C40H60O3/c1-29(17-13-19-31(3)21-22-36-33(5)25-34(41)26-37(36,6)7)15-11-12-16-30(2)18-14-20-32(4)23-24-40-38(8,9)27-35(42)28-39(40,10)43-40/h11-16,18-19,23-24,29-32,34-35,41-42H,17,20,25-28H2,1-10H3/b15-11+,16-12+,18-14+,19-13+,24-23+/t29?,30?,31?,32?,34-,35+,39-,40+/m1/s1. The molecular weight excluding hydrogens is 528 g/mol. The SMILES string of the molecule is CC1=C(C#CC(C)/C=C/CC(C)/C=C/C=C/C(C)/C=C/CC(C)/C=C/[C@@]23O[C@]2(C)C[C@@H](O)CC3(C)C)C(C)(C)C[C@H](O)C1. The molecule has 3 nitrogen and oxygen atoms in total.